The number of rotatable bonds is 3. The molecule has 10 heavy (non-hydrogen) atoms. The number of hydrogen-bond acceptors (Lipinski definition) is 2. The molecule has 0 aromatic rings. The summed E-state index contributed by atoms with van der Waals surface area (Å²) in [5.74, 6) is 0. The minimum atomic E-state index is 0.898. The first-order valence-corrected chi connectivity index (χ1v) is 3.28. The Bertz CT molecular complexity index is 161. The molecule has 0 aromatic carbocycles. The molecular weight excluding hydrogens is 124 g/mol. The predicted molar refractivity (Wildman–Crippen MR) is 42.9 cm³/mol. The van der Waals surface area contributed by atoms with Crippen LogP contribution in [0.2, 0.25) is 0 Å². The second-order valence-corrected chi connectivity index (χ2v) is 2.20. The van der Waals surface area contributed by atoms with E-state index in [-0.39, 0.29) is 0 Å². The van der Waals surface area contributed by atoms with Gasteiger partial charge in [0.2, 0.25) is 0 Å². The molecule has 0 spiro atoms. The van der Waals surface area contributed by atoms with Crippen molar-refractivity contribution < 1.29 is 0 Å². The molecular formula is C8H12N2. The molecule has 2 nitrogen and oxygen atoms in total. The molecule has 0 bridgehead atoms. The van der Waals surface area contributed by atoms with Gasteiger partial charge in [0.1, 0.15) is 0 Å². The molecule has 1 aliphatic rings. The van der Waals surface area contributed by atoms with E-state index in [1.807, 2.05) is 23.4 Å². The summed E-state index contributed by atoms with van der Waals surface area (Å²) >= 11 is 0. The van der Waals surface area contributed by atoms with Gasteiger partial charge in [-0.3, -0.25) is 0 Å². The third-order valence-electron chi connectivity index (χ3n) is 1.41. The zero-order chi connectivity index (χ0) is 7.40. The largest absolute Gasteiger partial charge is 0.355 e. The molecule has 0 radical (unpaired) electrons. The Labute approximate surface area is 61.7 Å². The van der Waals surface area contributed by atoms with Crippen LogP contribution in [0.4, 0.5) is 0 Å². The van der Waals surface area contributed by atoms with Crippen LogP contribution in [0.25, 0.3) is 0 Å². The lowest BCUT2D eigenvalue weighted by Gasteiger charge is -2.15. The van der Waals surface area contributed by atoms with Crippen LogP contribution in [0.15, 0.2) is 37.8 Å². The van der Waals surface area contributed by atoms with Gasteiger partial charge in [0.15, 0.2) is 0 Å². The highest BCUT2D eigenvalue weighted by atomic mass is 15.3. The fourth-order valence-electron chi connectivity index (χ4n) is 0.887. The Morgan fingerprint density at radius 3 is 2.70 bits per heavy atom. The Balaban J connectivity index is 2.36. The van der Waals surface area contributed by atoms with Crippen LogP contribution in [0.3, 0.4) is 0 Å². The molecule has 1 heterocycles. The van der Waals surface area contributed by atoms with Crippen LogP contribution in [0.1, 0.15) is 0 Å². The van der Waals surface area contributed by atoms with Crippen molar-refractivity contribution in [2.45, 2.75) is 0 Å². The minimum Gasteiger partial charge on any atom is -0.355 e. The number of hydrogen-bond donors (Lipinski definition) is 0. The zero-order valence-corrected chi connectivity index (χ0v) is 6.03. The summed E-state index contributed by atoms with van der Waals surface area (Å²) in [4.78, 5) is 4.16. The second-order valence-electron chi connectivity index (χ2n) is 2.20. The van der Waals surface area contributed by atoms with Gasteiger partial charge in [-0.05, 0) is 6.20 Å². The summed E-state index contributed by atoms with van der Waals surface area (Å²) in [6.07, 6.45) is 7.72. The van der Waals surface area contributed by atoms with E-state index in [4.69, 9.17) is 0 Å². The third kappa shape index (κ3) is 1.41. The SMILES string of the molecule is C=CCN1C=CN(C=C)C1. The highest BCUT2D eigenvalue weighted by molar-refractivity contribution is 4.96. The van der Waals surface area contributed by atoms with Crippen LogP contribution in [0, 0.1) is 0 Å². The van der Waals surface area contributed by atoms with Crippen molar-refractivity contribution in [3.8, 4) is 0 Å². The van der Waals surface area contributed by atoms with Crippen molar-refractivity contribution in [2.75, 3.05) is 13.2 Å². The summed E-state index contributed by atoms with van der Waals surface area (Å²) < 4.78 is 0. The van der Waals surface area contributed by atoms with Crippen LogP contribution in [-0.2, 0) is 0 Å². The van der Waals surface area contributed by atoms with Crippen molar-refractivity contribution >= 4 is 0 Å². The Morgan fingerprint density at radius 2 is 2.20 bits per heavy atom. The third-order valence-corrected chi connectivity index (χ3v) is 1.41. The summed E-state index contributed by atoms with van der Waals surface area (Å²) in [6, 6.07) is 0. The standard InChI is InChI=1S/C8H12N2/c1-3-5-10-7-6-9(4-2)8-10/h3-4,6-7H,1-2,5,8H2. The molecule has 54 valence electrons. The summed E-state index contributed by atoms with van der Waals surface area (Å²) in [5, 5.41) is 0. The van der Waals surface area contributed by atoms with Gasteiger partial charge in [-0.1, -0.05) is 12.7 Å². The van der Waals surface area contributed by atoms with Crippen LogP contribution in [0.5, 0.6) is 0 Å². The lowest BCUT2D eigenvalue weighted by atomic mass is 10.6. The first kappa shape index (κ1) is 6.93. The molecule has 2 heteroatoms. The van der Waals surface area contributed by atoms with E-state index < -0.39 is 0 Å². The van der Waals surface area contributed by atoms with Crippen molar-refractivity contribution in [2.24, 2.45) is 0 Å². The van der Waals surface area contributed by atoms with Crippen molar-refractivity contribution in [3.63, 3.8) is 0 Å². The highest BCUT2D eigenvalue weighted by Gasteiger charge is 2.05. The molecule has 0 amide bonds. The van der Waals surface area contributed by atoms with Gasteiger partial charge in [0.25, 0.3) is 0 Å². The van der Waals surface area contributed by atoms with E-state index in [0.29, 0.717) is 0 Å². The fraction of sp³-hybridized carbons (Fsp3) is 0.250. The molecule has 0 aromatic heterocycles. The van der Waals surface area contributed by atoms with Gasteiger partial charge in [-0.2, -0.15) is 0 Å². The maximum Gasteiger partial charge on any atom is 0.0939 e. The van der Waals surface area contributed by atoms with Gasteiger partial charge in [-0.25, -0.2) is 0 Å². The molecule has 0 atom stereocenters. The van der Waals surface area contributed by atoms with E-state index in [2.05, 4.69) is 18.1 Å². The summed E-state index contributed by atoms with van der Waals surface area (Å²) in [7, 11) is 0. The highest BCUT2D eigenvalue weighted by Crippen LogP contribution is 2.04. The Hall–Kier alpha value is -1.18. The Kier molecular flexibility index (Phi) is 2.15. The molecule has 0 fully saturated rings. The molecule has 0 aliphatic carbocycles. The van der Waals surface area contributed by atoms with Crippen molar-refractivity contribution in [1.29, 1.82) is 0 Å². The molecule has 1 aliphatic heterocycles. The fourth-order valence-corrected chi connectivity index (χ4v) is 0.887. The maximum absolute atomic E-state index is 3.66. The van der Waals surface area contributed by atoms with E-state index in [9.17, 15) is 0 Å². The summed E-state index contributed by atoms with van der Waals surface area (Å²) in [6.45, 7) is 9.12. The molecule has 0 saturated heterocycles. The topological polar surface area (TPSA) is 6.48 Å². The van der Waals surface area contributed by atoms with E-state index in [0.717, 1.165) is 13.2 Å². The van der Waals surface area contributed by atoms with Gasteiger partial charge in [-0.15, -0.1) is 6.58 Å². The van der Waals surface area contributed by atoms with E-state index >= 15 is 0 Å². The van der Waals surface area contributed by atoms with Crippen molar-refractivity contribution in [3.05, 3.63) is 37.8 Å². The average molecular weight is 136 g/mol. The lowest BCUT2D eigenvalue weighted by Crippen LogP contribution is -2.21. The normalized spacial score (nSPS) is 16.0. The van der Waals surface area contributed by atoms with Crippen LogP contribution >= 0.6 is 0 Å². The van der Waals surface area contributed by atoms with Gasteiger partial charge in [0, 0.05) is 18.9 Å². The monoisotopic (exact) mass is 136 g/mol. The number of nitrogens with zero attached hydrogens (tertiary/aromatic N) is 2. The van der Waals surface area contributed by atoms with Crippen LogP contribution < -0.4 is 0 Å². The zero-order valence-electron chi connectivity index (χ0n) is 6.03. The van der Waals surface area contributed by atoms with E-state index in [1.165, 1.54) is 0 Å². The molecule has 0 saturated carbocycles. The predicted octanol–water partition coefficient (Wildman–Crippen LogP) is 1.36. The quantitative estimate of drug-likeness (QED) is 0.540. The molecule has 0 N–H and O–H groups in total. The lowest BCUT2D eigenvalue weighted by molar-refractivity contribution is 0.340. The molecule has 1 rings (SSSR count). The first-order chi connectivity index (χ1) is 4.86. The Morgan fingerprint density at radius 1 is 1.40 bits per heavy atom. The van der Waals surface area contributed by atoms with Gasteiger partial charge < -0.3 is 9.80 Å². The smallest absolute Gasteiger partial charge is 0.0939 e. The van der Waals surface area contributed by atoms with Gasteiger partial charge in [0.05, 0.1) is 6.67 Å². The molecule has 0 unspecified atom stereocenters. The summed E-state index contributed by atoms with van der Waals surface area (Å²) in [5.41, 5.74) is 0. The maximum atomic E-state index is 3.66. The minimum absolute atomic E-state index is 0.898. The van der Waals surface area contributed by atoms with Crippen molar-refractivity contribution in [1.82, 2.24) is 9.80 Å². The average Bonchev–Trinajstić information content (AvgIpc) is 2.37. The van der Waals surface area contributed by atoms with Crippen LogP contribution in [-0.4, -0.2) is 23.0 Å². The second kappa shape index (κ2) is 3.11. The first-order valence-electron chi connectivity index (χ1n) is 3.28. The van der Waals surface area contributed by atoms with E-state index in [1.54, 1.807) is 6.20 Å². The van der Waals surface area contributed by atoms with Gasteiger partial charge >= 0.3 is 0 Å².